The minimum Gasteiger partial charge on any atom is -0.274 e. The predicted octanol–water partition coefficient (Wildman–Crippen LogP) is 4.19. The van der Waals surface area contributed by atoms with Crippen molar-refractivity contribution in [1.82, 2.24) is 0 Å². The van der Waals surface area contributed by atoms with Gasteiger partial charge in [0.05, 0.1) is 0 Å². The molecule has 0 aliphatic heterocycles. The van der Waals surface area contributed by atoms with Gasteiger partial charge in [0.2, 0.25) is 0 Å². The van der Waals surface area contributed by atoms with Crippen LogP contribution in [0, 0.1) is 0 Å². The summed E-state index contributed by atoms with van der Waals surface area (Å²) in [6.07, 6.45) is -12.7. The van der Waals surface area contributed by atoms with Crippen LogP contribution >= 0.6 is 11.6 Å². The molecule has 126 valence electrons. The van der Waals surface area contributed by atoms with Crippen molar-refractivity contribution in [2.75, 3.05) is 0 Å². The van der Waals surface area contributed by atoms with E-state index in [0.29, 0.717) is 0 Å². The molecule has 0 spiro atoms. The van der Waals surface area contributed by atoms with Crippen molar-refractivity contribution < 1.29 is 57.5 Å². The third kappa shape index (κ3) is 2.88. The molecule has 0 heterocycles. The molecule has 0 amide bonds. The van der Waals surface area contributed by atoms with E-state index in [-0.39, 0.29) is 0 Å². The Morgan fingerprint density at radius 1 is 0.762 bits per heavy atom. The van der Waals surface area contributed by atoms with Crippen LogP contribution in [0.2, 0.25) is 0 Å². The van der Waals surface area contributed by atoms with Gasteiger partial charge in [-0.25, -0.2) is 4.39 Å². The second-order valence-corrected chi connectivity index (χ2v) is 3.87. The Balaban J connectivity index is 6.03. The van der Waals surface area contributed by atoms with Crippen LogP contribution in [0.4, 0.5) is 52.7 Å². The molecule has 14 heteroatoms. The van der Waals surface area contributed by atoms with E-state index < -0.39 is 41.3 Å². The van der Waals surface area contributed by atoms with Gasteiger partial charge in [-0.1, -0.05) is 0 Å². The summed E-state index contributed by atoms with van der Waals surface area (Å²) in [5.74, 6) is -28.9. The van der Waals surface area contributed by atoms with Gasteiger partial charge in [0.15, 0.2) is 0 Å². The summed E-state index contributed by atoms with van der Waals surface area (Å²) in [5, 5.41) is -3.55. The summed E-state index contributed by atoms with van der Waals surface area (Å²) >= 11 is 3.82. The van der Waals surface area contributed by atoms with E-state index in [1.165, 1.54) is 0 Å². The van der Waals surface area contributed by atoms with Gasteiger partial charge >= 0.3 is 29.9 Å². The molecule has 0 rings (SSSR count). The predicted molar refractivity (Wildman–Crippen MR) is 41.6 cm³/mol. The zero-order valence-corrected chi connectivity index (χ0v) is 9.66. The van der Waals surface area contributed by atoms with E-state index in [0.717, 1.165) is 0 Å². The molecule has 0 saturated carbocycles. The molecule has 0 aromatic carbocycles. The molecule has 0 aliphatic rings. The van der Waals surface area contributed by atoms with Gasteiger partial charge in [-0.05, 0) is 11.6 Å². The average Bonchev–Trinajstić information content (AvgIpc) is 2.25. The molecule has 0 bridgehead atoms. The van der Waals surface area contributed by atoms with Gasteiger partial charge in [-0.2, -0.15) is 48.3 Å². The molecule has 0 aliphatic carbocycles. The van der Waals surface area contributed by atoms with E-state index in [9.17, 15) is 57.5 Å². The first-order chi connectivity index (χ1) is 8.85. The van der Waals surface area contributed by atoms with Crippen molar-refractivity contribution in [2.45, 2.75) is 36.0 Å². The molecule has 0 fully saturated rings. The van der Waals surface area contributed by atoms with Crippen LogP contribution in [0.5, 0.6) is 0 Å². The molecule has 0 aromatic heterocycles. The highest BCUT2D eigenvalue weighted by Crippen LogP contribution is 2.56. The molecular formula is C7HClF12O. The molecule has 0 radical (unpaired) electrons. The molecule has 0 saturated heterocycles. The zero-order chi connectivity index (χ0) is 17.7. The molecule has 1 nitrogen and oxygen atoms in total. The maximum absolute atomic E-state index is 12.7. The number of halogens is 13. The lowest BCUT2D eigenvalue weighted by atomic mass is 9.96. The minimum absolute atomic E-state index is 3.55. The summed E-state index contributed by atoms with van der Waals surface area (Å²) in [6, 6.07) is 0. The van der Waals surface area contributed by atoms with Crippen LogP contribution < -0.4 is 0 Å². The largest absolute Gasteiger partial charge is 0.425 e. The maximum atomic E-state index is 12.7. The summed E-state index contributed by atoms with van der Waals surface area (Å²) in [4.78, 5) is 9.89. The Kier molecular flexibility index (Phi) is 4.88. The summed E-state index contributed by atoms with van der Waals surface area (Å²) < 4.78 is 148. The fraction of sp³-hybridized carbons (Fsp3) is 0.857. The standard InChI is InChI=1S/C7HClF12O/c8-2(21)4(12,13)7(19,20)6(17,18)3(10,11)1(9)5(14,15)16/h1H. The fourth-order valence-electron chi connectivity index (χ4n) is 0.895. The zero-order valence-electron chi connectivity index (χ0n) is 8.90. The van der Waals surface area contributed by atoms with Gasteiger partial charge in [0, 0.05) is 0 Å². The second kappa shape index (κ2) is 5.09. The van der Waals surface area contributed by atoms with Crippen LogP contribution in [0.15, 0.2) is 0 Å². The van der Waals surface area contributed by atoms with E-state index in [1.54, 1.807) is 0 Å². The lowest BCUT2D eigenvalue weighted by Crippen LogP contribution is -2.67. The summed E-state index contributed by atoms with van der Waals surface area (Å²) in [6.45, 7) is 0. The van der Waals surface area contributed by atoms with Gasteiger partial charge < -0.3 is 0 Å². The van der Waals surface area contributed by atoms with Crippen molar-refractivity contribution in [2.24, 2.45) is 0 Å². The van der Waals surface area contributed by atoms with Crippen LogP contribution in [0.25, 0.3) is 0 Å². The summed E-state index contributed by atoms with van der Waals surface area (Å²) in [5.41, 5.74) is 0. The highest BCUT2D eigenvalue weighted by atomic mass is 35.5. The average molecular weight is 365 g/mol. The Morgan fingerprint density at radius 3 is 1.33 bits per heavy atom. The third-order valence-corrected chi connectivity index (χ3v) is 2.30. The van der Waals surface area contributed by atoms with Crippen LogP contribution in [-0.4, -0.2) is 41.3 Å². The molecule has 1 atom stereocenters. The van der Waals surface area contributed by atoms with E-state index in [4.69, 9.17) is 0 Å². The monoisotopic (exact) mass is 364 g/mol. The molecular weight excluding hydrogens is 364 g/mol. The first kappa shape index (κ1) is 20.1. The van der Waals surface area contributed by atoms with Crippen molar-refractivity contribution in [3.63, 3.8) is 0 Å². The third-order valence-electron chi connectivity index (χ3n) is 2.06. The number of carbonyl (C=O) groups is 1. The van der Waals surface area contributed by atoms with E-state index in [1.807, 2.05) is 0 Å². The van der Waals surface area contributed by atoms with Crippen LogP contribution in [0.1, 0.15) is 0 Å². The highest BCUT2D eigenvalue weighted by Gasteiger charge is 2.86. The maximum Gasteiger partial charge on any atom is 0.425 e. The van der Waals surface area contributed by atoms with Gasteiger partial charge in [-0.15, -0.1) is 0 Å². The van der Waals surface area contributed by atoms with Crippen LogP contribution in [0.3, 0.4) is 0 Å². The normalized spacial score (nSPS) is 16.8. The quantitative estimate of drug-likeness (QED) is 0.528. The topological polar surface area (TPSA) is 17.1 Å². The Labute approximate surface area is 111 Å². The van der Waals surface area contributed by atoms with Gasteiger partial charge in [0.25, 0.3) is 11.4 Å². The number of carbonyl (C=O) groups excluding carboxylic acids is 1. The lowest BCUT2D eigenvalue weighted by molar-refractivity contribution is -0.384. The smallest absolute Gasteiger partial charge is 0.274 e. The van der Waals surface area contributed by atoms with Crippen molar-refractivity contribution in [3.8, 4) is 0 Å². The molecule has 0 N–H and O–H groups in total. The lowest BCUT2D eigenvalue weighted by Gasteiger charge is -2.36. The molecule has 1 unspecified atom stereocenters. The van der Waals surface area contributed by atoms with Crippen molar-refractivity contribution >= 4 is 16.8 Å². The number of rotatable bonds is 5. The SMILES string of the molecule is O=C(Cl)C(F)(F)C(F)(F)C(F)(F)C(F)(F)C(F)C(F)(F)F. The Morgan fingerprint density at radius 2 is 1.10 bits per heavy atom. The number of hydrogen-bond donors (Lipinski definition) is 0. The highest BCUT2D eigenvalue weighted by molar-refractivity contribution is 6.65. The first-order valence-electron chi connectivity index (χ1n) is 4.27. The van der Waals surface area contributed by atoms with Gasteiger partial charge in [0.1, 0.15) is 0 Å². The van der Waals surface area contributed by atoms with Gasteiger partial charge in [-0.3, -0.25) is 4.79 Å². The fourth-order valence-corrected chi connectivity index (χ4v) is 1.01. The first-order valence-corrected chi connectivity index (χ1v) is 4.65. The number of alkyl halides is 12. The number of hydrogen-bond acceptors (Lipinski definition) is 1. The van der Waals surface area contributed by atoms with Crippen molar-refractivity contribution in [1.29, 1.82) is 0 Å². The van der Waals surface area contributed by atoms with E-state index >= 15 is 0 Å². The van der Waals surface area contributed by atoms with Crippen molar-refractivity contribution in [3.05, 3.63) is 0 Å². The minimum atomic E-state index is -7.58. The van der Waals surface area contributed by atoms with E-state index in [2.05, 4.69) is 11.6 Å². The Bertz CT molecular complexity index is 412. The molecule has 21 heavy (non-hydrogen) atoms. The molecule has 0 aromatic rings. The second-order valence-electron chi connectivity index (χ2n) is 3.52. The van der Waals surface area contributed by atoms with Crippen LogP contribution in [-0.2, 0) is 4.79 Å². The summed E-state index contributed by atoms with van der Waals surface area (Å²) in [7, 11) is 0. The Hall–Kier alpha value is -0.880.